The lowest BCUT2D eigenvalue weighted by Crippen LogP contribution is -2.19. The van der Waals surface area contributed by atoms with Crippen molar-refractivity contribution >= 4 is 16.4 Å². The summed E-state index contributed by atoms with van der Waals surface area (Å²) in [6, 6.07) is 10.3. The topological polar surface area (TPSA) is 52.2 Å². The summed E-state index contributed by atoms with van der Waals surface area (Å²) < 4.78 is 18.0. The van der Waals surface area contributed by atoms with Crippen LogP contribution in [0.2, 0.25) is 0 Å². The Bertz CT molecular complexity index is 1110. The molecule has 3 heterocycles. The SMILES string of the molecule is CCCCCn1ccc2cc(-c3nc4ccccn4n3)c(F)cc2c1=O. The molecule has 0 aliphatic heterocycles. The molecule has 0 unspecified atom stereocenters. The van der Waals surface area contributed by atoms with Crippen LogP contribution in [0.15, 0.2) is 53.6 Å². The van der Waals surface area contributed by atoms with Gasteiger partial charge in [-0.3, -0.25) is 4.79 Å². The first kappa shape index (κ1) is 16.4. The van der Waals surface area contributed by atoms with E-state index in [2.05, 4.69) is 17.0 Å². The van der Waals surface area contributed by atoms with Gasteiger partial charge in [0.05, 0.1) is 10.9 Å². The molecule has 0 amide bonds. The van der Waals surface area contributed by atoms with E-state index in [1.807, 2.05) is 24.3 Å². The van der Waals surface area contributed by atoms with Crippen LogP contribution in [0.4, 0.5) is 4.39 Å². The van der Waals surface area contributed by atoms with Gasteiger partial charge in [0.1, 0.15) is 5.82 Å². The summed E-state index contributed by atoms with van der Waals surface area (Å²) in [5, 5.41) is 5.40. The van der Waals surface area contributed by atoms with Crippen LogP contribution in [0.3, 0.4) is 0 Å². The maximum atomic E-state index is 14.7. The number of pyridine rings is 2. The first-order valence-corrected chi connectivity index (χ1v) is 8.82. The van der Waals surface area contributed by atoms with Crippen LogP contribution in [0.25, 0.3) is 27.8 Å². The number of aryl methyl sites for hydroxylation is 1. The number of unbranched alkanes of at least 4 members (excludes halogenated alkanes) is 2. The maximum absolute atomic E-state index is 14.7. The Morgan fingerprint density at radius 1 is 1.12 bits per heavy atom. The van der Waals surface area contributed by atoms with Gasteiger partial charge in [-0.15, -0.1) is 5.10 Å². The molecule has 5 nitrogen and oxygen atoms in total. The molecule has 0 N–H and O–H groups in total. The van der Waals surface area contributed by atoms with E-state index in [9.17, 15) is 9.18 Å². The molecule has 3 aromatic heterocycles. The molecule has 0 radical (unpaired) electrons. The predicted molar refractivity (Wildman–Crippen MR) is 99.7 cm³/mol. The van der Waals surface area contributed by atoms with Crippen molar-refractivity contribution in [3.63, 3.8) is 0 Å². The summed E-state index contributed by atoms with van der Waals surface area (Å²) in [4.78, 5) is 17.0. The van der Waals surface area contributed by atoms with E-state index in [-0.39, 0.29) is 5.56 Å². The van der Waals surface area contributed by atoms with Crippen LogP contribution >= 0.6 is 0 Å². The third-order valence-corrected chi connectivity index (χ3v) is 4.55. The van der Waals surface area contributed by atoms with Crippen molar-refractivity contribution in [3.8, 4) is 11.4 Å². The minimum absolute atomic E-state index is 0.160. The van der Waals surface area contributed by atoms with Gasteiger partial charge in [-0.25, -0.2) is 13.9 Å². The van der Waals surface area contributed by atoms with Crippen molar-refractivity contribution in [2.24, 2.45) is 0 Å². The lowest BCUT2D eigenvalue weighted by molar-refractivity contribution is 0.590. The molecule has 0 aliphatic rings. The molecule has 4 aromatic rings. The van der Waals surface area contributed by atoms with Gasteiger partial charge in [0.25, 0.3) is 5.56 Å². The number of hydrogen-bond acceptors (Lipinski definition) is 3. The Kier molecular flexibility index (Phi) is 4.24. The first-order chi connectivity index (χ1) is 12.7. The number of benzene rings is 1. The van der Waals surface area contributed by atoms with Gasteiger partial charge in [-0.2, -0.15) is 0 Å². The van der Waals surface area contributed by atoms with Gasteiger partial charge in [0.15, 0.2) is 11.5 Å². The number of nitrogens with zero attached hydrogens (tertiary/aromatic N) is 4. The van der Waals surface area contributed by atoms with Gasteiger partial charge >= 0.3 is 0 Å². The number of rotatable bonds is 5. The number of halogens is 1. The third kappa shape index (κ3) is 2.87. The van der Waals surface area contributed by atoms with Crippen molar-refractivity contribution < 1.29 is 4.39 Å². The monoisotopic (exact) mass is 350 g/mol. The van der Waals surface area contributed by atoms with Crippen LogP contribution in [-0.4, -0.2) is 19.2 Å². The van der Waals surface area contributed by atoms with E-state index in [0.29, 0.717) is 34.4 Å². The molecule has 132 valence electrons. The Morgan fingerprint density at radius 3 is 2.81 bits per heavy atom. The van der Waals surface area contributed by atoms with Crippen LogP contribution in [0.1, 0.15) is 26.2 Å². The van der Waals surface area contributed by atoms with Crippen LogP contribution in [-0.2, 0) is 6.54 Å². The molecule has 0 aliphatic carbocycles. The largest absolute Gasteiger partial charge is 0.315 e. The fourth-order valence-corrected chi connectivity index (χ4v) is 3.13. The Hall–Kier alpha value is -3.02. The van der Waals surface area contributed by atoms with Crippen LogP contribution in [0.5, 0.6) is 0 Å². The van der Waals surface area contributed by atoms with Crippen molar-refractivity contribution in [1.82, 2.24) is 19.2 Å². The molecule has 26 heavy (non-hydrogen) atoms. The molecule has 0 atom stereocenters. The molecule has 0 saturated heterocycles. The highest BCUT2D eigenvalue weighted by Crippen LogP contribution is 2.24. The highest BCUT2D eigenvalue weighted by molar-refractivity contribution is 5.86. The van der Waals surface area contributed by atoms with Crippen molar-refractivity contribution in [3.05, 3.63) is 65.0 Å². The highest BCUT2D eigenvalue weighted by Gasteiger charge is 2.14. The normalized spacial score (nSPS) is 11.5. The Morgan fingerprint density at radius 2 is 2.00 bits per heavy atom. The average Bonchev–Trinajstić information content (AvgIpc) is 3.08. The second kappa shape index (κ2) is 6.71. The number of hydrogen-bond donors (Lipinski definition) is 0. The van der Waals surface area contributed by atoms with E-state index in [1.165, 1.54) is 6.07 Å². The van der Waals surface area contributed by atoms with Crippen molar-refractivity contribution in [2.75, 3.05) is 0 Å². The highest BCUT2D eigenvalue weighted by atomic mass is 19.1. The first-order valence-electron chi connectivity index (χ1n) is 8.82. The zero-order chi connectivity index (χ0) is 18.1. The molecule has 6 heteroatoms. The van der Waals surface area contributed by atoms with E-state index in [1.54, 1.807) is 27.5 Å². The van der Waals surface area contributed by atoms with Gasteiger partial charge in [0.2, 0.25) is 0 Å². The van der Waals surface area contributed by atoms with Crippen molar-refractivity contribution in [2.45, 2.75) is 32.7 Å². The standard InChI is InChI=1S/C20H19FN4O/c1-2-3-5-9-24-11-8-14-12-16(17(21)13-15(14)20(24)26)19-22-18-7-4-6-10-25(18)23-19/h4,6-8,10-13H,2-3,5,9H2,1H3. The van der Waals surface area contributed by atoms with E-state index in [4.69, 9.17) is 0 Å². The quantitative estimate of drug-likeness (QED) is 0.511. The molecular weight excluding hydrogens is 331 g/mol. The minimum Gasteiger partial charge on any atom is -0.315 e. The molecule has 0 bridgehead atoms. The third-order valence-electron chi connectivity index (χ3n) is 4.55. The fraction of sp³-hybridized carbons (Fsp3) is 0.250. The lowest BCUT2D eigenvalue weighted by Gasteiger charge is -2.08. The van der Waals surface area contributed by atoms with Gasteiger partial charge in [0, 0.05) is 18.9 Å². The molecule has 0 fully saturated rings. The summed E-state index contributed by atoms with van der Waals surface area (Å²) in [5.41, 5.74) is 0.782. The van der Waals surface area contributed by atoms with E-state index in [0.717, 1.165) is 19.3 Å². The molecular formula is C20H19FN4O. The second-order valence-electron chi connectivity index (χ2n) is 6.38. The molecule has 0 spiro atoms. The number of aromatic nitrogens is 4. The zero-order valence-electron chi connectivity index (χ0n) is 14.5. The average molecular weight is 350 g/mol. The van der Waals surface area contributed by atoms with Gasteiger partial charge < -0.3 is 4.57 Å². The Labute approximate surface area is 149 Å². The van der Waals surface area contributed by atoms with E-state index < -0.39 is 5.82 Å². The molecule has 4 rings (SSSR count). The van der Waals surface area contributed by atoms with Gasteiger partial charge in [-0.05, 0) is 42.1 Å². The van der Waals surface area contributed by atoms with Crippen LogP contribution < -0.4 is 5.56 Å². The molecule has 0 saturated carbocycles. The summed E-state index contributed by atoms with van der Waals surface area (Å²) in [6.45, 7) is 2.77. The maximum Gasteiger partial charge on any atom is 0.258 e. The van der Waals surface area contributed by atoms with Gasteiger partial charge in [-0.1, -0.05) is 25.8 Å². The summed E-state index contributed by atoms with van der Waals surface area (Å²) in [6.07, 6.45) is 6.64. The molecule has 1 aromatic carbocycles. The summed E-state index contributed by atoms with van der Waals surface area (Å²) in [7, 11) is 0. The number of fused-ring (bicyclic) bond motifs is 2. The zero-order valence-corrected chi connectivity index (χ0v) is 14.5. The predicted octanol–water partition coefficient (Wildman–Crippen LogP) is 4.04. The Balaban J connectivity index is 1.79. The second-order valence-corrected chi connectivity index (χ2v) is 6.38. The smallest absolute Gasteiger partial charge is 0.258 e. The lowest BCUT2D eigenvalue weighted by atomic mass is 10.1. The minimum atomic E-state index is -0.489. The summed E-state index contributed by atoms with van der Waals surface area (Å²) >= 11 is 0. The van der Waals surface area contributed by atoms with E-state index >= 15 is 0 Å². The fourth-order valence-electron chi connectivity index (χ4n) is 3.13. The van der Waals surface area contributed by atoms with Crippen molar-refractivity contribution in [1.29, 1.82) is 0 Å². The summed E-state index contributed by atoms with van der Waals surface area (Å²) in [5.74, 6) is -0.181. The van der Waals surface area contributed by atoms with Crippen LogP contribution in [0, 0.1) is 5.82 Å².